The summed E-state index contributed by atoms with van der Waals surface area (Å²) in [6.45, 7) is 4.70. The number of fused-ring (bicyclic) bond motifs is 9. The molecular formula is C63H44N2O. The molecule has 3 nitrogen and oxygen atoms in total. The second-order valence-corrected chi connectivity index (χ2v) is 18.1. The molecular weight excluding hydrogens is 801 g/mol. The first-order valence-electron chi connectivity index (χ1n) is 22.8. The van der Waals surface area contributed by atoms with Crippen molar-refractivity contribution >= 4 is 60.8 Å². The van der Waals surface area contributed by atoms with E-state index in [2.05, 4.69) is 242 Å². The van der Waals surface area contributed by atoms with Crippen LogP contribution in [0.3, 0.4) is 0 Å². The predicted octanol–water partition coefficient (Wildman–Crippen LogP) is 17.5. The van der Waals surface area contributed by atoms with Crippen molar-refractivity contribution in [1.29, 1.82) is 0 Å². The molecule has 0 spiro atoms. The third-order valence-corrected chi connectivity index (χ3v) is 14.0. The molecule has 0 bridgehead atoms. The zero-order chi connectivity index (χ0) is 43.9. The van der Waals surface area contributed by atoms with Gasteiger partial charge in [-0.1, -0.05) is 172 Å². The van der Waals surface area contributed by atoms with Crippen LogP contribution in [0.15, 0.2) is 235 Å². The van der Waals surface area contributed by atoms with E-state index in [1.165, 1.54) is 72.0 Å². The summed E-state index contributed by atoms with van der Waals surface area (Å²) in [6.07, 6.45) is 0. The van der Waals surface area contributed by atoms with Crippen LogP contribution in [0.1, 0.15) is 25.0 Å². The van der Waals surface area contributed by atoms with E-state index >= 15 is 0 Å². The van der Waals surface area contributed by atoms with Crippen LogP contribution in [0.4, 0.5) is 17.1 Å². The van der Waals surface area contributed by atoms with Crippen molar-refractivity contribution in [3.63, 3.8) is 0 Å². The van der Waals surface area contributed by atoms with Gasteiger partial charge in [0, 0.05) is 55.3 Å². The Kier molecular flexibility index (Phi) is 8.56. The van der Waals surface area contributed by atoms with Gasteiger partial charge >= 0.3 is 0 Å². The molecule has 0 saturated carbocycles. The number of aromatic nitrogens is 1. The van der Waals surface area contributed by atoms with E-state index in [-0.39, 0.29) is 5.41 Å². The number of furan rings is 1. The molecule has 0 atom stereocenters. The molecule has 0 fully saturated rings. The summed E-state index contributed by atoms with van der Waals surface area (Å²) in [5.41, 5.74) is 20.9. The van der Waals surface area contributed by atoms with Crippen LogP contribution >= 0.6 is 0 Å². The molecule has 0 saturated heterocycles. The maximum absolute atomic E-state index is 6.45. The van der Waals surface area contributed by atoms with E-state index in [1.54, 1.807) is 0 Å². The lowest BCUT2D eigenvalue weighted by molar-refractivity contribution is 0.660. The lowest BCUT2D eigenvalue weighted by Crippen LogP contribution is -2.16. The van der Waals surface area contributed by atoms with Gasteiger partial charge in [0.2, 0.25) is 0 Å². The van der Waals surface area contributed by atoms with Gasteiger partial charge in [-0.25, -0.2) is 0 Å². The zero-order valence-corrected chi connectivity index (χ0v) is 36.7. The van der Waals surface area contributed by atoms with Gasteiger partial charge in [0.15, 0.2) is 0 Å². The number of anilines is 3. The Hall–Kier alpha value is -8.40. The summed E-state index contributed by atoms with van der Waals surface area (Å²) in [6, 6.07) is 83.8. The van der Waals surface area contributed by atoms with Crippen molar-refractivity contribution in [2.24, 2.45) is 0 Å². The maximum atomic E-state index is 6.45. The molecule has 0 radical (unpaired) electrons. The Morgan fingerprint density at radius 3 is 1.68 bits per heavy atom. The molecule has 10 aromatic carbocycles. The lowest BCUT2D eigenvalue weighted by atomic mass is 9.82. The monoisotopic (exact) mass is 844 g/mol. The van der Waals surface area contributed by atoms with Gasteiger partial charge in [0.1, 0.15) is 11.2 Å². The molecule has 66 heavy (non-hydrogen) atoms. The van der Waals surface area contributed by atoms with Crippen molar-refractivity contribution < 1.29 is 4.42 Å². The highest BCUT2D eigenvalue weighted by molar-refractivity contribution is 6.11. The first kappa shape index (κ1) is 38.1. The highest BCUT2D eigenvalue weighted by atomic mass is 16.3. The maximum Gasteiger partial charge on any atom is 0.143 e. The summed E-state index contributed by atoms with van der Waals surface area (Å²) in [5.74, 6) is 0. The quantitative estimate of drug-likeness (QED) is 0.159. The minimum absolute atomic E-state index is 0.119. The molecule has 2 aromatic heterocycles. The Bertz CT molecular complexity index is 3820. The van der Waals surface area contributed by atoms with Crippen LogP contribution < -0.4 is 4.90 Å². The second kappa shape index (κ2) is 14.8. The van der Waals surface area contributed by atoms with E-state index in [4.69, 9.17) is 4.42 Å². The number of hydrogen-bond acceptors (Lipinski definition) is 2. The largest absolute Gasteiger partial charge is 0.455 e. The Morgan fingerprint density at radius 1 is 0.364 bits per heavy atom. The van der Waals surface area contributed by atoms with Gasteiger partial charge in [0.25, 0.3) is 0 Å². The van der Waals surface area contributed by atoms with E-state index in [9.17, 15) is 0 Å². The minimum Gasteiger partial charge on any atom is -0.455 e. The average molecular weight is 845 g/mol. The second-order valence-electron chi connectivity index (χ2n) is 18.1. The number of hydrogen-bond donors (Lipinski definition) is 0. The van der Waals surface area contributed by atoms with Crippen LogP contribution in [0.5, 0.6) is 0 Å². The van der Waals surface area contributed by atoms with Gasteiger partial charge in [-0.2, -0.15) is 0 Å². The highest BCUT2D eigenvalue weighted by Crippen LogP contribution is 2.51. The third kappa shape index (κ3) is 5.97. The van der Waals surface area contributed by atoms with Gasteiger partial charge in [-0.05, 0) is 123 Å². The molecule has 12 aromatic rings. The van der Waals surface area contributed by atoms with Crippen LogP contribution in [0.25, 0.3) is 93.9 Å². The van der Waals surface area contributed by atoms with Crippen LogP contribution in [-0.4, -0.2) is 4.57 Å². The first-order valence-corrected chi connectivity index (χ1v) is 22.8. The summed E-state index contributed by atoms with van der Waals surface area (Å²) < 4.78 is 8.82. The smallest absolute Gasteiger partial charge is 0.143 e. The predicted molar refractivity (Wildman–Crippen MR) is 277 cm³/mol. The Labute approximate surface area is 384 Å². The summed E-state index contributed by atoms with van der Waals surface area (Å²) in [7, 11) is 0. The van der Waals surface area contributed by atoms with Gasteiger partial charge in [-0.3, -0.25) is 0 Å². The highest BCUT2D eigenvalue weighted by Gasteiger charge is 2.35. The van der Waals surface area contributed by atoms with Crippen molar-refractivity contribution in [3.05, 3.63) is 242 Å². The van der Waals surface area contributed by atoms with Crippen LogP contribution in [0.2, 0.25) is 0 Å². The molecule has 13 rings (SSSR count). The number of para-hydroxylation sites is 4. The van der Waals surface area contributed by atoms with Crippen molar-refractivity contribution in [2.45, 2.75) is 19.3 Å². The number of benzene rings is 10. The molecule has 3 heteroatoms. The van der Waals surface area contributed by atoms with Gasteiger partial charge in [0.05, 0.1) is 11.0 Å². The first-order chi connectivity index (χ1) is 32.5. The van der Waals surface area contributed by atoms with Gasteiger partial charge in [-0.15, -0.1) is 0 Å². The van der Waals surface area contributed by atoms with Gasteiger partial charge < -0.3 is 13.9 Å². The Balaban J connectivity index is 0.854. The fraction of sp³-hybridized carbons (Fsp3) is 0.0476. The zero-order valence-electron chi connectivity index (χ0n) is 36.7. The van der Waals surface area contributed by atoms with Crippen molar-refractivity contribution in [2.75, 3.05) is 4.90 Å². The van der Waals surface area contributed by atoms with E-state index in [0.29, 0.717) is 0 Å². The average Bonchev–Trinajstić information content (AvgIpc) is 4.00. The fourth-order valence-corrected chi connectivity index (χ4v) is 10.7. The molecule has 0 aliphatic heterocycles. The molecule has 0 amide bonds. The fourth-order valence-electron chi connectivity index (χ4n) is 10.7. The lowest BCUT2D eigenvalue weighted by Gasteiger charge is -2.28. The van der Waals surface area contributed by atoms with Crippen LogP contribution in [0, 0.1) is 0 Å². The third-order valence-electron chi connectivity index (χ3n) is 14.0. The number of rotatable bonds is 7. The minimum atomic E-state index is -0.119. The summed E-state index contributed by atoms with van der Waals surface area (Å²) in [5, 5.41) is 4.79. The summed E-state index contributed by atoms with van der Waals surface area (Å²) in [4.78, 5) is 2.39. The Morgan fingerprint density at radius 2 is 0.909 bits per heavy atom. The normalized spacial score (nSPS) is 12.8. The van der Waals surface area contributed by atoms with E-state index < -0.39 is 0 Å². The molecule has 312 valence electrons. The molecule has 0 unspecified atom stereocenters. The standard InChI is InChI=1S/C63H44N2O/c1-63(2)57-20-9-6-15-51(57)52-37-36-49(40-58(52)63)64(48-34-29-44(30-35-48)50-18-12-19-55-54-17-8-11-22-61(54)66-62(50)55)47-32-27-42(28-33-47)41-23-25-43(26-24-41)45-31-38-60-56(39-45)53-16-7-10-21-59(53)65(60)46-13-4-3-5-14-46/h3-40H,1-2H3. The molecule has 1 aliphatic rings. The molecule has 2 heterocycles. The van der Waals surface area contributed by atoms with E-state index in [0.717, 1.165) is 50.1 Å². The van der Waals surface area contributed by atoms with Crippen molar-refractivity contribution in [3.8, 4) is 50.2 Å². The SMILES string of the molecule is CC1(C)c2ccccc2-c2ccc(N(c3ccc(-c4ccc(-c5ccc6c(c5)c5ccccc5n6-c5ccccc5)cc4)cc3)c3ccc(-c4cccc5c4oc4ccccc45)cc3)cc21. The van der Waals surface area contributed by atoms with Crippen LogP contribution in [-0.2, 0) is 5.41 Å². The molecule has 1 aliphatic carbocycles. The summed E-state index contributed by atoms with van der Waals surface area (Å²) >= 11 is 0. The topological polar surface area (TPSA) is 21.3 Å². The molecule has 0 N–H and O–H groups in total. The van der Waals surface area contributed by atoms with Crippen molar-refractivity contribution in [1.82, 2.24) is 4.57 Å². The number of nitrogens with zero attached hydrogens (tertiary/aromatic N) is 2. The van der Waals surface area contributed by atoms with E-state index in [1.807, 2.05) is 12.1 Å².